The highest BCUT2D eigenvalue weighted by Gasteiger charge is 2.30. The van der Waals surface area contributed by atoms with E-state index in [9.17, 15) is 33.6 Å². The quantitative estimate of drug-likeness (QED) is 0.108. The summed E-state index contributed by atoms with van der Waals surface area (Å²) in [6.07, 6.45) is 0.371. The third-order valence-corrected chi connectivity index (χ3v) is 5.54. The Morgan fingerprint density at radius 2 is 1.22 bits per heavy atom. The molecule has 4 atom stereocenters. The molecule has 0 saturated carbocycles. The van der Waals surface area contributed by atoms with Gasteiger partial charge in [0.1, 0.15) is 19.3 Å². The molecule has 15 heteroatoms. The lowest BCUT2D eigenvalue weighted by molar-refractivity contribution is -0.134. The Bertz CT molecular complexity index is 843. The molecule has 6 N–H and O–H groups in total. The molecule has 0 aliphatic carbocycles. The lowest BCUT2D eigenvalue weighted by Crippen LogP contribution is -2.57. The number of nitrogens with two attached hydrogens (primary N) is 1. The molecule has 0 fully saturated rings. The molecule has 0 aromatic heterocycles. The molecule has 0 aromatic rings. The van der Waals surface area contributed by atoms with E-state index in [0.29, 0.717) is 6.42 Å². The van der Waals surface area contributed by atoms with Crippen molar-refractivity contribution in [3.8, 4) is 0 Å². The van der Waals surface area contributed by atoms with Crippen LogP contribution < -0.4 is 27.0 Å². The first-order valence-corrected chi connectivity index (χ1v) is 12.1. The van der Waals surface area contributed by atoms with Gasteiger partial charge in [-0.3, -0.25) is 24.0 Å². The first kappa shape index (κ1) is 34.0. The average Bonchev–Trinajstić information content (AvgIpc) is 2.83. The summed E-state index contributed by atoms with van der Waals surface area (Å²) in [5, 5.41) is 10.4. The molecule has 12 nitrogen and oxygen atoms in total. The fourth-order valence-electron chi connectivity index (χ4n) is 3.37. The van der Waals surface area contributed by atoms with E-state index in [4.69, 9.17) is 21.3 Å². The smallest absolute Gasteiger partial charge is 0.243 e. The molecule has 0 heterocycles. The Labute approximate surface area is 220 Å². The third-order valence-electron chi connectivity index (χ3n) is 5.54. The van der Waals surface area contributed by atoms with E-state index in [1.165, 1.54) is 14.0 Å². The molecule has 0 spiro atoms. The van der Waals surface area contributed by atoms with Gasteiger partial charge in [-0.1, -0.05) is 13.3 Å². The van der Waals surface area contributed by atoms with Crippen LogP contribution in [0.5, 0.6) is 0 Å². The van der Waals surface area contributed by atoms with Crippen LogP contribution in [0.1, 0.15) is 65.2 Å². The number of ketones is 1. The highest BCUT2D eigenvalue weighted by Crippen LogP contribution is 2.07. The molecule has 199 valence electrons. The number of Topliss-reactive ketones (excluding diaryl/α,β-unsaturated/α-hetero) is 1. The van der Waals surface area contributed by atoms with Gasteiger partial charge in [0.2, 0.25) is 23.6 Å². The Kier molecular flexibility index (Phi) is 16.9. The number of rotatable bonds is 20. The van der Waals surface area contributed by atoms with Crippen LogP contribution in [0.4, 0.5) is 0 Å². The van der Waals surface area contributed by atoms with E-state index in [-0.39, 0.29) is 50.7 Å². The summed E-state index contributed by atoms with van der Waals surface area (Å²) in [6.45, 7) is 3.04. The van der Waals surface area contributed by atoms with E-state index >= 15 is 0 Å². The summed E-state index contributed by atoms with van der Waals surface area (Å²) in [4.78, 5) is 84.5. The van der Waals surface area contributed by atoms with Gasteiger partial charge in [-0.2, -0.15) is 0 Å². The minimum atomic E-state index is -1.20. The highest BCUT2D eigenvalue weighted by molar-refractivity contribution is 7.08. The number of carbonyl (C=O) groups is 7. The van der Waals surface area contributed by atoms with Crippen molar-refractivity contribution >= 4 is 63.5 Å². The van der Waals surface area contributed by atoms with Gasteiger partial charge in [0.15, 0.2) is 13.6 Å². The molecule has 4 amide bonds. The zero-order chi connectivity index (χ0) is 28.5. The zero-order valence-electron chi connectivity index (χ0n) is 21.6. The fourth-order valence-corrected chi connectivity index (χ4v) is 3.37. The molecule has 0 aliphatic heterocycles. The summed E-state index contributed by atoms with van der Waals surface area (Å²) < 4.78 is 0. The molecular formula is C22H35B3N5O7. The summed E-state index contributed by atoms with van der Waals surface area (Å²) in [5.74, 6) is -2.99. The SMILES string of the molecule is [B][B]C(=O)CCC(NC(=O)C(CCC([B])=O)NC)C(=O)NC(CCC)C(=O)NC(CCC(N)=O)C(C)=O. The van der Waals surface area contributed by atoms with Gasteiger partial charge >= 0.3 is 0 Å². The Hall–Kier alpha value is -2.96. The Morgan fingerprint density at radius 1 is 0.757 bits per heavy atom. The lowest BCUT2D eigenvalue weighted by atomic mass is 9.52. The first-order valence-electron chi connectivity index (χ1n) is 12.1. The first-order chi connectivity index (χ1) is 17.4. The van der Waals surface area contributed by atoms with Crippen LogP contribution in [0.2, 0.25) is 0 Å². The Morgan fingerprint density at radius 3 is 1.65 bits per heavy atom. The maximum atomic E-state index is 13.1. The van der Waals surface area contributed by atoms with Crippen molar-refractivity contribution in [2.75, 3.05) is 7.05 Å². The number of hydrogen-bond donors (Lipinski definition) is 5. The molecule has 37 heavy (non-hydrogen) atoms. The van der Waals surface area contributed by atoms with E-state index in [2.05, 4.69) is 21.3 Å². The number of primary amides is 1. The predicted molar refractivity (Wildman–Crippen MR) is 138 cm³/mol. The Balaban J connectivity index is 5.59. The van der Waals surface area contributed by atoms with Crippen LogP contribution in [0.15, 0.2) is 0 Å². The number of nitrogens with one attached hydrogen (secondary N) is 4. The third kappa shape index (κ3) is 14.4. The number of carbonyl (C=O) groups excluding carboxylic acids is 7. The summed E-state index contributed by atoms with van der Waals surface area (Å²) in [6, 6.07) is -4.06. The van der Waals surface area contributed by atoms with Crippen molar-refractivity contribution in [3.05, 3.63) is 0 Å². The van der Waals surface area contributed by atoms with Gasteiger partial charge in [0.05, 0.1) is 23.4 Å². The van der Waals surface area contributed by atoms with Crippen LogP contribution in [0.25, 0.3) is 0 Å². The van der Waals surface area contributed by atoms with E-state index in [1.807, 2.05) is 0 Å². The molecule has 4 unspecified atom stereocenters. The second-order valence-electron chi connectivity index (χ2n) is 8.61. The molecule has 5 radical (unpaired) electrons. The molecule has 0 rings (SSSR count). The fraction of sp³-hybridized carbons (Fsp3) is 0.682. The number of likely N-dealkylation sites (N-methyl/N-ethyl adjacent to an activating group) is 1. The van der Waals surface area contributed by atoms with Gasteiger partial charge < -0.3 is 36.6 Å². The normalized spacial score (nSPS) is 13.8. The van der Waals surface area contributed by atoms with E-state index < -0.39 is 59.2 Å². The van der Waals surface area contributed by atoms with Crippen molar-refractivity contribution in [1.29, 1.82) is 0 Å². The largest absolute Gasteiger partial charge is 0.370 e. The van der Waals surface area contributed by atoms with Gasteiger partial charge in [-0.05, 0) is 52.5 Å². The molecule has 0 aromatic carbocycles. The summed E-state index contributed by atoms with van der Waals surface area (Å²) in [7, 11) is 12.7. The van der Waals surface area contributed by atoms with Crippen LogP contribution in [-0.4, -0.2) is 94.7 Å². The van der Waals surface area contributed by atoms with Crippen molar-refractivity contribution in [1.82, 2.24) is 21.3 Å². The summed E-state index contributed by atoms with van der Waals surface area (Å²) >= 11 is 0. The second-order valence-corrected chi connectivity index (χ2v) is 8.61. The summed E-state index contributed by atoms with van der Waals surface area (Å²) in [5.41, 5.74) is 4.08. The molecule has 0 aliphatic rings. The average molecular weight is 514 g/mol. The molecule has 0 bridgehead atoms. The van der Waals surface area contributed by atoms with E-state index in [1.54, 1.807) is 6.92 Å². The monoisotopic (exact) mass is 514 g/mol. The highest BCUT2D eigenvalue weighted by atomic mass is 16.2. The van der Waals surface area contributed by atoms with Crippen molar-refractivity contribution in [2.24, 2.45) is 5.73 Å². The molecule has 0 saturated heterocycles. The molecular weight excluding hydrogens is 479 g/mol. The van der Waals surface area contributed by atoms with Crippen molar-refractivity contribution in [2.45, 2.75) is 89.4 Å². The number of amides is 4. The maximum absolute atomic E-state index is 13.1. The standard InChI is InChI=1S/C22H35B3N5O7/c1-4-5-15(21(36)28-13(12(2)31)8-11-19(26)34)29-22(37)16(7-10-18(33)25-24)30-20(35)14(27-3)6-9-17(23)32/h13-16,27H,4-11H2,1-3H3,(H2,26,34)(H,28,36)(H,29,37)(H,30,35). The lowest BCUT2D eigenvalue weighted by Gasteiger charge is -2.26. The van der Waals surface area contributed by atoms with Crippen LogP contribution >= 0.6 is 0 Å². The minimum Gasteiger partial charge on any atom is -0.370 e. The van der Waals surface area contributed by atoms with Crippen LogP contribution in [-0.2, 0) is 33.6 Å². The second kappa shape index (κ2) is 18.3. The zero-order valence-corrected chi connectivity index (χ0v) is 21.6. The topological polar surface area (TPSA) is 194 Å². The van der Waals surface area contributed by atoms with Crippen LogP contribution in [0.3, 0.4) is 0 Å². The van der Waals surface area contributed by atoms with E-state index in [0.717, 1.165) is 7.17 Å². The van der Waals surface area contributed by atoms with Gasteiger partial charge in [0.25, 0.3) is 0 Å². The van der Waals surface area contributed by atoms with Crippen LogP contribution in [0, 0.1) is 0 Å². The van der Waals surface area contributed by atoms with Crippen molar-refractivity contribution in [3.63, 3.8) is 0 Å². The predicted octanol–water partition coefficient (Wildman–Crippen LogP) is -2.75. The van der Waals surface area contributed by atoms with Crippen molar-refractivity contribution < 1.29 is 33.6 Å². The number of hydrogen-bond acceptors (Lipinski definition) is 8. The van der Waals surface area contributed by atoms with Gasteiger partial charge in [-0.15, -0.1) is 0 Å². The van der Waals surface area contributed by atoms with Gasteiger partial charge in [0, 0.05) is 14.2 Å². The maximum Gasteiger partial charge on any atom is 0.243 e. The van der Waals surface area contributed by atoms with Gasteiger partial charge in [-0.25, -0.2) is 0 Å². The minimum absolute atomic E-state index is 0.0102.